The number of rotatable bonds is 5. The van der Waals surface area contributed by atoms with Gasteiger partial charge >= 0.3 is 0 Å². The van der Waals surface area contributed by atoms with Crippen molar-refractivity contribution < 1.29 is 14.4 Å². The average molecular weight is 496 g/mol. The fraction of sp³-hybridized carbons (Fsp3) is 0.577. The van der Waals surface area contributed by atoms with E-state index in [4.69, 9.17) is 0 Å². The monoisotopic (exact) mass is 495 g/mol. The molecule has 0 bridgehead atoms. The number of aryl methyl sites for hydroxylation is 1. The Morgan fingerprint density at radius 2 is 1.83 bits per heavy atom. The first-order valence-corrected chi connectivity index (χ1v) is 13.6. The maximum Gasteiger partial charge on any atom is 0.226 e. The molecule has 2 fully saturated rings. The van der Waals surface area contributed by atoms with Crippen LogP contribution in [0.25, 0.3) is 0 Å². The number of aromatic nitrogens is 2. The van der Waals surface area contributed by atoms with E-state index in [-0.39, 0.29) is 29.9 Å². The lowest BCUT2D eigenvalue weighted by Gasteiger charge is -2.37. The number of pyridine rings is 1. The van der Waals surface area contributed by atoms with E-state index >= 15 is 0 Å². The van der Waals surface area contributed by atoms with Crippen molar-refractivity contribution in [3.63, 3.8) is 0 Å². The van der Waals surface area contributed by atoms with E-state index < -0.39 is 0 Å². The highest BCUT2D eigenvalue weighted by Gasteiger charge is 2.36. The number of fused-ring (bicyclic) bond motifs is 1. The summed E-state index contributed by atoms with van der Waals surface area (Å²) in [6.45, 7) is 4.66. The summed E-state index contributed by atoms with van der Waals surface area (Å²) in [5, 5.41) is 3.39. The van der Waals surface area contributed by atoms with Gasteiger partial charge in [-0.2, -0.15) is 0 Å². The van der Waals surface area contributed by atoms with Crippen molar-refractivity contribution in [3.8, 4) is 0 Å². The van der Waals surface area contributed by atoms with Gasteiger partial charge in [-0.3, -0.25) is 14.4 Å². The van der Waals surface area contributed by atoms with Crippen molar-refractivity contribution in [1.29, 1.82) is 0 Å². The molecule has 1 aliphatic heterocycles. The molecule has 1 N–H and O–H groups in total. The van der Waals surface area contributed by atoms with E-state index in [2.05, 4.69) is 20.2 Å². The number of amides is 2. The first-order valence-electron chi connectivity index (χ1n) is 12.8. The molecule has 5 rings (SSSR count). The molecule has 0 unspecified atom stereocenters. The van der Waals surface area contributed by atoms with Crippen LogP contribution in [0.4, 0.5) is 10.9 Å². The quantitative estimate of drug-likeness (QED) is 0.677. The Labute approximate surface area is 210 Å². The highest BCUT2D eigenvalue weighted by molar-refractivity contribution is 7.17. The van der Waals surface area contributed by atoms with Crippen molar-refractivity contribution in [2.45, 2.75) is 58.3 Å². The smallest absolute Gasteiger partial charge is 0.226 e. The summed E-state index contributed by atoms with van der Waals surface area (Å²) in [6.07, 6.45) is 7.07. The molecule has 2 aromatic heterocycles. The summed E-state index contributed by atoms with van der Waals surface area (Å²) < 4.78 is 0. The zero-order valence-electron chi connectivity index (χ0n) is 20.3. The lowest BCUT2D eigenvalue weighted by atomic mass is 9.87. The molecule has 3 heterocycles. The van der Waals surface area contributed by atoms with Crippen LogP contribution in [0.3, 0.4) is 0 Å². The van der Waals surface area contributed by atoms with Gasteiger partial charge in [-0.05, 0) is 37.8 Å². The molecule has 2 aliphatic carbocycles. The van der Waals surface area contributed by atoms with Crippen LogP contribution >= 0.6 is 11.3 Å². The Balaban J connectivity index is 1.17. The fourth-order valence-electron chi connectivity index (χ4n) is 5.50. The number of nitrogens with zero attached hydrogens (tertiary/aromatic N) is 4. The number of Topliss-reactive ketones (excluding diaryl/α,β-unsaturated/α-hetero) is 1. The Morgan fingerprint density at radius 1 is 1.06 bits per heavy atom. The van der Waals surface area contributed by atoms with Crippen LogP contribution in [0, 0.1) is 18.8 Å². The van der Waals surface area contributed by atoms with Gasteiger partial charge in [-0.1, -0.05) is 36.7 Å². The van der Waals surface area contributed by atoms with Crippen molar-refractivity contribution in [1.82, 2.24) is 14.9 Å². The minimum atomic E-state index is -0.383. The third-order valence-electron chi connectivity index (χ3n) is 7.41. The minimum absolute atomic E-state index is 0.0240. The predicted octanol–water partition coefficient (Wildman–Crippen LogP) is 3.85. The normalized spacial score (nSPS) is 21.1. The van der Waals surface area contributed by atoms with Crippen LogP contribution in [0.5, 0.6) is 0 Å². The van der Waals surface area contributed by atoms with Gasteiger partial charge in [0.1, 0.15) is 5.82 Å². The van der Waals surface area contributed by atoms with E-state index in [1.165, 1.54) is 30.6 Å². The lowest BCUT2D eigenvalue weighted by Crippen LogP contribution is -2.51. The SMILES string of the molecule is Cc1cccc(N2CCN(C(=O)[C@@H]3CC(=O)c4sc(NC(=O)CC5CCCCC5)nc4C3)CC2)n1. The second kappa shape index (κ2) is 10.4. The molecule has 0 spiro atoms. The van der Waals surface area contributed by atoms with E-state index in [9.17, 15) is 14.4 Å². The first kappa shape index (κ1) is 23.9. The fourth-order valence-corrected chi connectivity index (χ4v) is 6.46. The van der Waals surface area contributed by atoms with Crippen molar-refractivity contribution >= 4 is 39.9 Å². The van der Waals surface area contributed by atoms with Crippen LogP contribution in [-0.4, -0.2) is 58.6 Å². The second-order valence-corrected chi connectivity index (χ2v) is 11.0. The molecule has 186 valence electrons. The maximum atomic E-state index is 13.3. The number of ketones is 1. The molecule has 1 saturated heterocycles. The lowest BCUT2D eigenvalue weighted by molar-refractivity contribution is -0.136. The number of anilines is 2. The molecule has 8 nitrogen and oxygen atoms in total. The highest BCUT2D eigenvalue weighted by atomic mass is 32.1. The molecule has 1 atom stereocenters. The van der Waals surface area contributed by atoms with E-state index in [0.717, 1.165) is 37.4 Å². The summed E-state index contributed by atoms with van der Waals surface area (Å²) in [4.78, 5) is 52.4. The molecule has 2 amide bonds. The number of piperazine rings is 1. The van der Waals surface area contributed by atoms with E-state index in [1.54, 1.807) is 0 Å². The molecule has 0 aromatic carbocycles. The van der Waals surface area contributed by atoms with Gasteiger partial charge < -0.3 is 15.1 Å². The minimum Gasteiger partial charge on any atom is -0.353 e. The number of carbonyl (C=O) groups is 3. The summed E-state index contributed by atoms with van der Waals surface area (Å²) in [7, 11) is 0. The third-order valence-corrected chi connectivity index (χ3v) is 8.46. The number of hydrogen-bond donors (Lipinski definition) is 1. The molecule has 35 heavy (non-hydrogen) atoms. The molecule has 2 aromatic rings. The summed E-state index contributed by atoms with van der Waals surface area (Å²) in [5.74, 6) is 0.962. The van der Waals surface area contributed by atoms with E-state index in [0.29, 0.717) is 47.6 Å². The van der Waals surface area contributed by atoms with E-state index in [1.807, 2.05) is 30.0 Å². The number of carbonyl (C=O) groups excluding carboxylic acids is 3. The van der Waals surface area contributed by atoms with Crippen LogP contribution in [0.15, 0.2) is 18.2 Å². The number of thiazole rings is 1. The number of nitrogens with one attached hydrogen (secondary N) is 1. The van der Waals surface area contributed by atoms with Crippen molar-refractivity contribution in [3.05, 3.63) is 34.5 Å². The molecular formula is C26H33N5O3S. The van der Waals surface area contributed by atoms with Gasteiger partial charge in [0.05, 0.1) is 16.5 Å². The summed E-state index contributed by atoms with van der Waals surface area (Å²) >= 11 is 1.25. The van der Waals surface area contributed by atoms with Gasteiger partial charge in [0.15, 0.2) is 10.9 Å². The standard InChI is InChI=1S/C26H33N5O3S/c1-17-6-5-9-22(27-17)30-10-12-31(13-11-30)25(34)19-15-20-24(21(32)16-19)35-26(28-20)29-23(33)14-18-7-3-2-4-8-18/h5-6,9,18-19H,2-4,7-8,10-16H2,1H3,(H,28,29,33)/t19-/m0/s1. The second-order valence-electron chi connectivity index (χ2n) is 10.0. The van der Waals surface area contributed by atoms with Crippen LogP contribution in [0.2, 0.25) is 0 Å². The Morgan fingerprint density at radius 3 is 2.57 bits per heavy atom. The van der Waals surface area contributed by atoms with Gasteiger partial charge in [0.25, 0.3) is 0 Å². The highest BCUT2D eigenvalue weighted by Crippen LogP contribution is 2.34. The summed E-state index contributed by atoms with van der Waals surface area (Å²) in [6, 6.07) is 5.98. The van der Waals surface area contributed by atoms with Crippen molar-refractivity contribution in [2.24, 2.45) is 11.8 Å². The Hall–Kier alpha value is -2.81. The molecule has 0 radical (unpaired) electrons. The van der Waals surface area contributed by atoms with Gasteiger partial charge in [-0.25, -0.2) is 9.97 Å². The van der Waals surface area contributed by atoms with Crippen LogP contribution < -0.4 is 10.2 Å². The molecular weight excluding hydrogens is 462 g/mol. The maximum absolute atomic E-state index is 13.3. The zero-order valence-corrected chi connectivity index (χ0v) is 21.1. The van der Waals surface area contributed by atoms with Gasteiger partial charge in [0, 0.05) is 51.1 Å². The largest absolute Gasteiger partial charge is 0.353 e. The number of hydrogen-bond acceptors (Lipinski definition) is 7. The van der Waals surface area contributed by atoms with Gasteiger partial charge in [0.2, 0.25) is 11.8 Å². The van der Waals surface area contributed by atoms with Crippen LogP contribution in [0.1, 0.15) is 66.0 Å². The predicted molar refractivity (Wildman–Crippen MR) is 136 cm³/mol. The summed E-state index contributed by atoms with van der Waals surface area (Å²) in [5.41, 5.74) is 1.63. The van der Waals surface area contributed by atoms with Crippen molar-refractivity contribution in [2.75, 3.05) is 36.4 Å². The first-order chi connectivity index (χ1) is 17.0. The molecule has 1 saturated carbocycles. The van der Waals surface area contributed by atoms with Crippen LogP contribution in [-0.2, 0) is 16.0 Å². The average Bonchev–Trinajstić information content (AvgIpc) is 3.27. The topological polar surface area (TPSA) is 95.5 Å². The Kier molecular flexibility index (Phi) is 7.13. The Bertz CT molecular complexity index is 1100. The third kappa shape index (κ3) is 5.55. The zero-order chi connectivity index (χ0) is 24.4. The van der Waals surface area contributed by atoms with Gasteiger partial charge in [-0.15, -0.1) is 0 Å². The molecule has 3 aliphatic rings. The molecule has 9 heteroatoms.